The number of thioether (sulfide) groups is 1. The molecule has 1 aromatic carbocycles. The standard InChI is InChI=1S/C16H13ClN6OS/c1-9-7-13-20-21-16(23(13)10(2)18-9)25-8-14-19-15(22-24-14)11-3-5-12(17)6-4-11/h3-7H,8H2,1-2H3. The Kier molecular flexibility index (Phi) is 4.14. The Bertz CT molecular complexity index is 1040. The Morgan fingerprint density at radius 1 is 1.12 bits per heavy atom. The molecule has 126 valence electrons. The van der Waals surface area contributed by atoms with E-state index in [0.717, 1.165) is 27.9 Å². The van der Waals surface area contributed by atoms with Gasteiger partial charge in [-0.25, -0.2) is 4.98 Å². The van der Waals surface area contributed by atoms with E-state index in [2.05, 4.69) is 25.3 Å². The predicted molar refractivity (Wildman–Crippen MR) is 94.6 cm³/mol. The summed E-state index contributed by atoms with van der Waals surface area (Å²) in [5, 5.41) is 13.8. The van der Waals surface area contributed by atoms with Crippen LogP contribution in [0.15, 0.2) is 40.0 Å². The summed E-state index contributed by atoms with van der Waals surface area (Å²) in [4.78, 5) is 8.86. The number of rotatable bonds is 4. The zero-order valence-corrected chi connectivity index (χ0v) is 15.0. The molecule has 0 saturated carbocycles. The minimum atomic E-state index is 0.495. The van der Waals surface area contributed by atoms with E-state index in [1.807, 2.05) is 36.4 Å². The lowest BCUT2D eigenvalue weighted by atomic mass is 10.2. The molecule has 0 unspecified atom stereocenters. The van der Waals surface area contributed by atoms with Crippen molar-refractivity contribution in [1.82, 2.24) is 29.7 Å². The van der Waals surface area contributed by atoms with Gasteiger partial charge in [0.2, 0.25) is 11.7 Å². The van der Waals surface area contributed by atoms with Crippen LogP contribution in [0.3, 0.4) is 0 Å². The van der Waals surface area contributed by atoms with Crippen LogP contribution in [-0.4, -0.2) is 29.7 Å². The average Bonchev–Trinajstić information content (AvgIpc) is 3.20. The molecule has 0 aliphatic heterocycles. The van der Waals surface area contributed by atoms with Crippen molar-refractivity contribution >= 4 is 29.0 Å². The lowest BCUT2D eigenvalue weighted by molar-refractivity contribution is 0.391. The molecule has 0 amide bonds. The number of halogens is 1. The number of hydrogen-bond donors (Lipinski definition) is 0. The first-order valence-electron chi connectivity index (χ1n) is 7.51. The van der Waals surface area contributed by atoms with Crippen LogP contribution in [0.4, 0.5) is 0 Å². The molecular weight excluding hydrogens is 360 g/mol. The van der Waals surface area contributed by atoms with E-state index in [9.17, 15) is 0 Å². The summed E-state index contributed by atoms with van der Waals surface area (Å²) in [5.74, 6) is 2.39. The van der Waals surface area contributed by atoms with E-state index >= 15 is 0 Å². The number of hydrogen-bond acceptors (Lipinski definition) is 7. The van der Waals surface area contributed by atoms with E-state index in [1.54, 1.807) is 12.1 Å². The third-order valence-electron chi connectivity index (χ3n) is 3.55. The Morgan fingerprint density at radius 3 is 2.72 bits per heavy atom. The van der Waals surface area contributed by atoms with Gasteiger partial charge in [0.25, 0.3) is 0 Å². The van der Waals surface area contributed by atoms with Crippen LogP contribution in [0, 0.1) is 13.8 Å². The molecule has 0 saturated heterocycles. The maximum Gasteiger partial charge on any atom is 0.237 e. The van der Waals surface area contributed by atoms with E-state index in [0.29, 0.717) is 22.5 Å². The Balaban J connectivity index is 1.53. The van der Waals surface area contributed by atoms with Crippen LogP contribution in [0.5, 0.6) is 0 Å². The Hall–Kier alpha value is -2.45. The largest absolute Gasteiger partial charge is 0.338 e. The van der Waals surface area contributed by atoms with Crippen LogP contribution in [0.1, 0.15) is 17.4 Å². The summed E-state index contributed by atoms with van der Waals surface area (Å²) in [7, 11) is 0. The molecule has 0 aliphatic carbocycles. The maximum atomic E-state index is 5.89. The zero-order chi connectivity index (χ0) is 17.4. The van der Waals surface area contributed by atoms with Gasteiger partial charge in [-0.2, -0.15) is 4.98 Å². The van der Waals surface area contributed by atoms with Crippen molar-refractivity contribution in [2.45, 2.75) is 24.8 Å². The molecule has 0 aliphatic rings. The Morgan fingerprint density at radius 2 is 1.92 bits per heavy atom. The maximum absolute atomic E-state index is 5.89. The highest BCUT2D eigenvalue weighted by Gasteiger charge is 2.13. The first kappa shape index (κ1) is 16.0. The molecule has 0 radical (unpaired) electrons. The van der Waals surface area contributed by atoms with Crippen LogP contribution >= 0.6 is 23.4 Å². The normalized spacial score (nSPS) is 11.3. The van der Waals surface area contributed by atoms with Gasteiger partial charge < -0.3 is 4.52 Å². The van der Waals surface area contributed by atoms with Crippen molar-refractivity contribution in [3.05, 3.63) is 52.8 Å². The van der Waals surface area contributed by atoms with Gasteiger partial charge >= 0.3 is 0 Å². The average molecular weight is 373 g/mol. The molecule has 0 fully saturated rings. The number of aryl methyl sites for hydroxylation is 2. The van der Waals surface area contributed by atoms with Crippen molar-refractivity contribution < 1.29 is 4.52 Å². The second kappa shape index (κ2) is 6.45. The van der Waals surface area contributed by atoms with Gasteiger partial charge in [-0.3, -0.25) is 4.40 Å². The van der Waals surface area contributed by atoms with Crippen molar-refractivity contribution in [1.29, 1.82) is 0 Å². The van der Waals surface area contributed by atoms with Gasteiger partial charge in [-0.15, -0.1) is 10.2 Å². The van der Waals surface area contributed by atoms with E-state index in [1.165, 1.54) is 11.8 Å². The van der Waals surface area contributed by atoms with E-state index in [-0.39, 0.29) is 0 Å². The Labute approximate surface area is 152 Å². The molecule has 0 atom stereocenters. The highest BCUT2D eigenvalue weighted by Crippen LogP contribution is 2.24. The summed E-state index contributed by atoms with van der Waals surface area (Å²) >= 11 is 7.37. The van der Waals surface area contributed by atoms with Crippen LogP contribution in [-0.2, 0) is 5.75 Å². The fourth-order valence-corrected chi connectivity index (χ4v) is 3.40. The monoisotopic (exact) mass is 372 g/mol. The van der Waals surface area contributed by atoms with Crippen molar-refractivity contribution in [3.8, 4) is 11.4 Å². The SMILES string of the molecule is Cc1cc2nnc(SCc3nc(-c4ccc(Cl)cc4)no3)n2c(C)n1. The number of nitrogens with zero attached hydrogens (tertiary/aromatic N) is 6. The topological polar surface area (TPSA) is 82.0 Å². The number of aromatic nitrogens is 6. The van der Waals surface area contributed by atoms with Crippen molar-refractivity contribution in [3.63, 3.8) is 0 Å². The van der Waals surface area contributed by atoms with Gasteiger partial charge in [0.05, 0.1) is 5.75 Å². The predicted octanol–water partition coefficient (Wildman–Crippen LogP) is 3.74. The van der Waals surface area contributed by atoms with Gasteiger partial charge in [0, 0.05) is 22.3 Å². The second-order valence-electron chi connectivity index (χ2n) is 5.43. The summed E-state index contributed by atoms with van der Waals surface area (Å²) in [5.41, 5.74) is 2.55. The fraction of sp³-hybridized carbons (Fsp3) is 0.188. The van der Waals surface area contributed by atoms with E-state index < -0.39 is 0 Å². The van der Waals surface area contributed by atoms with Crippen molar-refractivity contribution in [2.75, 3.05) is 0 Å². The van der Waals surface area contributed by atoms with Gasteiger partial charge in [0.1, 0.15) is 5.82 Å². The lowest BCUT2D eigenvalue weighted by Crippen LogP contribution is -1.98. The highest BCUT2D eigenvalue weighted by molar-refractivity contribution is 7.98. The molecule has 4 rings (SSSR count). The smallest absolute Gasteiger partial charge is 0.237 e. The number of fused-ring (bicyclic) bond motifs is 1. The molecule has 4 aromatic rings. The molecule has 7 nitrogen and oxygen atoms in total. The third kappa shape index (κ3) is 3.22. The summed E-state index contributed by atoms with van der Waals surface area (Å²) in [6, 6.07) is 9.19. The molecule has 0 N–H and O–H groups in total. The minimum Gasteiger partial charge on any atom is -0.338 e. The molecule has 9 heteroatoms. The second-order valence-corrected chi connectivity index (χ2v) is 6.81. The molecule has 0 spiro atoms. The third-order valence-corrected chi connectivity index (χ3v) is 4.72. The van der Waals surface area contributed by atoms with Crippen LogP contribution in [0.25, 0.3) is 17.0 Å². The summed E-state index contributed by atoms with van der Waals surface area (Å²) in [6.07, 6.45) is 0. The molecule has 3 aromatic heterocycles. The fourth-order valence-electron chi connectivity index (χ4n) is 2.45. The van der Waals surface area contributed by atoms with Crippen LogP contribution in [0.2, 0.25) is 5.02 Å². The molecule has 25 heavy (non-hydrogen) atoms. The minimum absolute atomic E-state index is 0.495. The highest BCUT2D eigenvalue weighted by atomic mass is 35.5. The quantitative estimate of drug-likeness (QED) is 0.504. The molecular formula is C16H13ClN6OS. The van der Waals surface area contributed by atoms with Gasteiger partial charge in [-0.05, 0) is 38.1 Å². The zero-order valence-electron chi connectivity index (χ0n) is 13.5. The van der Waals surface area contributed by atoms with Gasteiger partial charge in [0.15, 0.2) is 10.8 Å². The first-order chi connectivity index (χ1) is 12.1. The summed E-state index contributed by atoms with van der Waals surface area (Å²) < 4.78 is 7.23. The number of benzene rings is 1. The molecule has 3 heterocycles. The van der Waals surface area contributed by atoms with Crippen LogP contribution < -0.4 is 0 Å². The lowest BCUT2D eigenvalue weighted by Gasteiger charge is -2.02. The van der Waals surface area contributed by atoms with Gasteiger partial charge in [-0.1, -0.05) is 28.5 Å². The van der Waals surface area contributed by atoms with E-state index in [4.69, 9.17) is 16.1 Å². The van der Waals surface area contributed by atoms with Crippen molar-refractivity contribution in [2.24, 2.45) is 0 Å². The molecule has 0 bridgehead atoms. The first-order valence-corrected chi connectivity index (χ1v) is 8.87. The summed E-state index contributed by atoms with van der Waals surface area (Å²) in [6.45, 7) is 3.87.